The summed E-state index contributed by atoms with van der Waals surface area (Å²) in [5.74, 6) is 1.72. The van der Waals surface area contributed by atoms with Crippen LogP contribution < -0.4 is 5.32 Å². The van der Waals surface area contributed by atoms with Crippen molar-refractivity contribution in [1.82, 2.24) is 5.32 Å². The Morgan fingerprint density at radius 3 is 2.53 bits per heavy atom. The lowest BCUT2D eigenvalue weighted by Crippen LogP contribution is -2.28. The van der Waals surface area contributed by atoms with Crippen LogP contribution in [0, 0.1) is 11.8 Å². The van der Waals surface area contributed by atoms with Crippen molar-refractivity contribution in [3.8, 4) is 0 Å². The summed E-state index contributed by atoms with van der Waals surface area (Å²) in [5.41, 5.74) is 1.42. The average molecular weight is 296 g/mol. The minimum atomic E-state index is 0.514. The molecule has 2 rings (SSSR count). The second-order valence-electron chi connectivity index (χ2n) is 5.34. The Kier molecular flexibility index (Phi) is 4.63. The predicted molar refractivity (Wildman–Crippen MR) is 77.1 cm³/mol. The molecule has 0 saturated heterocycles. The fraction of sp³-hybridized carbons (Fsp3) is 0.600. The molecule has 1 saturated carbocycles. The standard InChI is InChI=1S/C15H22BrN/c1-11-6-8-12(9-7-11)15(17-2)13-4-3-5-14(16)10-13/h3-5,10-12,15,17H,6-9H2,1-2H3. The number of hydrogen-bond acceptors (Lipinski definition) is 1. The lowest BCUT2D eigenvalue weighted by atomic mass is 9.77. The van der Waals surface area contributed by atoms with E-state index in [1.807, 2.05) is 0 Å². The van der Waals surface area contributed by atoms with E-state index in [2.05, 4.69) is 59.5 Å². The van der Waals surface area contributed by atoms with Crippen molar-refractivity contribution in [2.24, 2.45) is 11.8 Å². The molecule has 0 aliphatic heterocycles. The van der Waals surface area contributed by atoms with Crippen LogP contribution in [0.4, 0.5) is 0 Å². The molecule has 0 bridgehead atoms. The normalized spacial score (nSPS) is 26.8. The van der Waals surface area contributed by atoms with Gasteiger partial charge in [0.1, 0.15) is 0 Å². The van der Waals surface area contributed by atoms with Crippen LogP contribution in [-0.2, 0) is 0 Å². The van der Waals surface area contributed by atoms with Crippen LogP contribution >= 0.6 is 15.9 Å². The number of hydrogen-bond donors (Lipinski definition) is 1. The molecule has 0 aromatic heterocycles. The molecule has 1 fully saturated rings. The van der Waals surface area contributed by atoms with E-state index in [-0.39, 0.29) is 0 Å². The molecule has 0 spiro atoms. The first-order chi connectivity index (χ1) is 8.20. The second-order valence-corrected chi connectivity index (χ2v) is 6.26. The molecule has 1 nitrogen and oxygen atoms in total. The first kappa shape index (κ1) is 13.1. The van der Waals surface area contributed by atoms with Crippen LogP contribution in [0.1, 0.15) is 44.2 Å². The smallest absolute Gasteiger partial charge is 0.0346 e. The van der Waals surface area contributed by atoms with Gasteiger partial charge >= 0.3 is 0 Å². The van der Waals surface area contributed by atoms with Crippen molar-refractivity contribution in [2.75, 3.05) is 7.05 Å². The number of halogens is 1. The van der Waals surface area contributed by atoms with Crippen LogP contribution in [0.15, 0.2) is 28.7 Å². The molecule has 0 heterocycles. The summed E-state index contributed by atoms with van der Waals surface area (Å²) in [6, 6.07) is 9.23. The van der Waals surface area contributed by atoms with Gasteiger partial charge in [0, 0.05) is 10.5 Å². The van der Waals surface area contributed by atoms with Gasteiger partial charge < -0.3 is 5.32 Å². The van der Waals surface area contributed by atoms with E-state index in [9.17, 15) is 0 Å². The zero-order valence-electron chi connectivity index (χ0n) is 10.7. The van der Waals surface area contributed by atoms with Gasteiger partial charge in [-0.25, -0.2) is 0 Å². The fourth-order valence-electron chi connectivity index (χ4n) is 2.99. The van der Waals surface area contributed by atoms with Crippen LogP contribution in [0.3, 0.4) is 0 Å². The minimum absolute atomic E-state index is 0.514. The molecular formula is C15H22BrN. The Labute approximate surface area is 113 Å². The zero-order valence-corrected chi connectivity index (χ0v) is 12.3. The molecule has 0 radical (unpaired) electrons. The molecule has 1 aliphatic carbocycles. The Balaban J connectivity index is 2.10. The van der Waals surface area contributed by atoms with E-state index >= 15 is 0 Å². The SMILES string of the molecule is CNC(c1cccc(Br)c1)C1CCC(C)CC1. The fourth-order valence-corrected chi connectivity index (χ4v) is 3.41. The molecular weight excluding hydrogens is 274 g/mol. The molecule has 1 aromatic rings. The predicted octanol–water partition coefficient (Wildman–Crippen LogP) is 4.54. The van der Waals surface area contributed by atoms with Crippen molar-refractivity contribution < 1.29 is 0 Å². The monoisotopic (exact) mass is 295 g/mol. The van der Waals surface area contributed by atoms with Crippen molar-refractivity contribution in [3.05, 3.63) is 34.3 Å². The molecule has 2 heteroatoms. The van der Waals surface area contributed by atoms with Crippen LogP contribution in [0.25, 0.3) is 0 Å². The summed E-state index contributed by atoms with van der Waals surface area (Å²) in [7, 11) is 2.09. The van der Waals surface area contributed by atoms with Crippen LogP contribution in [0.2, 0.25) is 0 Å². The number of benzene rings is 1. The summed E-state index contributed by atoms with van der Waals surface area (Å²) in [5, 5.41) is 3.51. The summed E-state index contributed by atoms with van der Waals surface area (Å²) in [6.45, 7) is 2.38. The maximum atomic E-state index is 3.57. The molecule has 0 amide bonds. The first-order valence-electron chi connectivity index (χ1n) is 6.63. The molecule has 1 aromatic carbocycles. The summed E-state index contributed by atoms with van der Waals surface area (Å²) >= 11 is 3.57. The Bertz CT molecular complexity index is 356. The Morgan fingerprint density at radius 1 is 1.24 bits per heavy atom. The maximum absolute atomic E-state index is 3.57. The average Bonchev–Trinajstić information content (AvgIpc) is 2.33. The molecule has 1 atom stereocenters. The van der Waals surface area contributed by atoms with Gasteiger partial charge in [-0.3, -0.25) is 0 Å². The summed E-state index contributed by atoms with van der Waals surface area (Å²) in [6.07, 6.45) is 5.49. The van der Waals surface area contributed by atoms with Crippen molar-refractivity contribution in [1.29, 1.82) is 0 Å². The second kappa shape index (κ2) is 6.01. The van der Waals surface area contributed by atoms with Gasteiger partial charge in [0.15, 0.2) is 0 Å². The van der Waals surface area contributed by atoms with E-state index in [4.69, 9.17) is 0 Å². The highest BCUT2D eigenvalue weighted by atomic mass is 79.9. The van der Waals surface area contributed by atoms with Gasteiger partial charge in [-0.15, -0.1) is 0 Å². The van der Waals surface area contributed by atoms with Gasteiger partial charge in [-0.1, -0.05) is 47.8 Å². The number of rotatable bonds is 3. The van der Waals surface area contributed by atoms with Gasteiger partial charge in [-0.2, -0.15) is 0 Å². The minimum Gasteiger partial charge on any atom is -0.313 e. The lowest BCUT2D eigenvalue weighted by molar-refractivity contribution is 0.238. The zero-order chi connectivity index (χ0) is 12.3. The highest BCUT2D eigenvalue weighted by molar-refractivity contribution is 9.10. The molecule has 1 N–H and O–H groups in total. The van der Waals surface area contributed by atoms with Crippen LogP contribution in [-0.4, -0.2) is 7.05 Å². The third-order valence-electron chi connectivity index (χ3n) is 4.05. The molecule has 17 heavy (non-hydrogen) atoms. The third-order valence-corrected chi connectivity index (χ3v) is 4.54. The van der Waals surface area contributed by atoms with Crippen molar-refractivity contribution in [3.63, 3.8) is 0 Å². The quantitative estimate of drug-likeness (QED) is 0.863. The largest absolute Gasteiger partial charge is 0.313 e. The van der Waals surface area contributed by atoms with E-state index in [0.29, 0.717) is 6.04 Å². The molecule has 1 aliphatic rings. The van der Waals surface area contributed by atoms with Gasteiger partial charge in [0.25, 0.3) is 0 Å². The molecule has 94 valence electrons. The maximum Gasteiger partial charge on any atom is 0.0346 e. The highest BCUT2D eigenvalue weighted by Gasteiger charge is 2.26. The van der Waals surface area contributed by atoms with Gasteiger partial charge in [0.05, 0.1) is 0 Å². The van der Waals surface area contributed by atoms with Gasteiger partial charge in [-0.05, 0) is 49.4 Å². The van der Waals surface area contributed by atoms with E-state index < -0.39 is 0 Å². The Hall–Kier alpha value is -0.340. The van der Waals surface area contributed by atoms with E-state index in [0.717, 1.165) is 11.8 Å². The van der Waals surface area contributed by atoms with Crippen molar-refractivity contribution in [2.45, 2.75) is 38.6 Å². The van der Waals surface area contributed by atoms with Crippen molar-refractivity contribution >= 4 is 15.9 Å². The lowest BCUT2D eigenvalue weighted by Gasteiger charge is -2.33. The third kappa shape index (κ3) is 3.32. The topological polar surface area (TPSA) is 12.0 Å². The van der Waals surface area contributed by atoms with Crippen LogP contribution in [0.5, 0.6) is 0 Å². The summed E-state index contributed by atoms with van der Waals surface area (Å²) in [4.78, 5) is 0. The Morgan fingerprint density at radius 2 is 1.94 bits per heavy atom. The van der Waals surface area contributed by atoms with E-state index in [1.54, 1.807) is 0 Å². The highest BCUT2D eigenvalue weighted by Crippen LogP contribution is 2.36. The first-order valence-corrected chi connectivity index (χ1v) is 7.42. The van der Waals surface area contributed by atoms with E-state index in [1.165, 1.54) is 35.7 Å². The molecule has 1 unspecified atom stereocenters. The summed E-state index contributed by atoms with van der Waals surface area (Å²) < 4.78 is 1.18. The number of nitrogens with one attached hydrogen (secondary N) is 1. The van der Waals surface area contributed by atoms with Gasteiger partial charge in [0.2, 0.25) is 0 Å².